The van der Waals surface area contributed by atoms with E-state index < -0.39 is 35.1 Å². The van der Waals surface area contributed by atoms with Crippen molar-refractivity contribution in [3.8, 4) is 0 Å². The lowest BCUT2D eigenvalue weighted by molar-refractivity contribution is -0.0407. The highest BCUT2D eigenvalue weighted by Crippen LogP contribution is 2.57. The van der Waals surface area contributed by atoms with E-state index in [-0.39, 0.29) is 39.6 Å². The Hall–Kier alpha value is -2.00. The molecule has 2 aromatic rings. The second-order valence-electron chi connectivity index (χ2n) is 8.79. The van der Waals surface area contributed by atoms with Gasteiger partial charge in [-0.2, -0.15) is 4.98 Å². The molecule has 2 saturated heterocycles. The number of carbonyl (C=O) groups is 1. The first kappa shape index (κ1) is 21.2. The first-order valence-corrected chi connectivity index (χ1v) is 10.3. The number of hydrogen-bond acceptors (Lipinski definition) is 6. The number of ether oxygens (including phenoxy) is 1. The van der Waals surface area contributed by atoms with Crippen LogP contribution in [0.25, 0.3) is 10.9 Å². The van der Waals surface area contributed by atoms with Crippen LogP contribution in [0.3, 0.4) is 0 Å². The molecule has 0 saturated carbocycles. The van der Waals surface area contributed by atoms with E-state index >= 15 is 4.39 Å². The van der Waals surface area contributed by atoms with Crippen molar-refractivity contribution in [1.29, 1.82) is 0 Å². The summed E-state index contributed by atoms with van der Waals surface area (Å²) in [4.78, 5) is 25.4. The monoisotopic (exact) mass is 459 g/mol. The number of anilines is 1. The Kier molecular flexibility index (Phi) is 4.97. The smallest absolute Gasteiger partial charge is 0.404 e. The van der Waals surface area contributed by atoms with Crippen LogP contribution < -0.4 is 10.6 Å². The van der Waals surface area contributed by atoms with Gasteiger partial charge in [0.1, 0.15) is 17.4 Å². The van der Waals surface area contributed by atoms with Crippen LogP contribution in [0.4, 0.5) is 19.4 Å². The first-order valence-electron chi connectivity index (χ1n) is 9.54. The molecule has 0 aromatic carbocycles. The Morgan fingerprint density at radius 2 is 2.07 bits per heavy atom. The highest BCUT2D eigenvalue weighted by atomic mass is 35.5. The van der Waals surface area contributed by atoms with Crippen molar-refractivity contribution in [1.82, 2.24) is 15.0 Å². The normalized spacial score (nSPS) is 28.8. The molecule has 2 fully saturated rings. The number of fused-ring (bicyclic) bond motifs is 3. The van der Waals surface area contributed by atoms with Gasteiger partial charge in [0.25, 0.3) is 0 Å². The number of halogens is 4. The van der Waals surface area contributed by atoms with E-state index in [4.69, 9.17) is 33.7 Å². The summed E-state index contributed by atoms with van der Waals surface area (Å²) in [5, 5.41) is -0.245. The minimum Gasteiger partial charge on any atom is -0.443 e. The topological polar surface area (TPSA) is 94.2 Å². The van der Waals surface area contributed by atoms with Gasteiger partial charge in [-0.15, -0.1) is 0 Å². The molecule has 0 radical (unpaired) electrons. The number of pyridine rings is 1. The van der Waals surface area contributed by atoms with E-state index in [1.165, 1.54) is 6.20 Å². The molecular weight excluding hydrogens is 439 g/mol. The Labute approximate surface area is 181 Å². The van der Waals surface area contributed by atoms with Gasteiger partial charge in [-0.05, 0) is 29.9 Å². The van der Waals surface area contributed by atoms with Crippen molar-refractivity contribution < 1.29 is 18.3 Å². The van der Waals surface area contributed by atoms with Gasteiger partial charge in [0, 0.05) is 18.7 Å². The molecule has 2 aromatic heterocycles. The predicted molar refractivity (Wildman–Crippen MR) is 109 cm³/mol. The number of nitrogens with two attached hydrogens (primary N) is 1. The molecule has 11 heteroatoms. The minimum absolute atomic E-state index is 0.0839. The molecule has 2 bridgehead atoms. The molecule has 4 heterocycles. The zero-order valence-corrected chi connectivity index (χ0v) is 18.1. The van der Waals surface area contributed by atoms with Crippen molar-refractivity contribution >= 4 is 46.0 Å². The third-order valence-electron chi connectivity index (χ3n) is 6.33. The van der Waals surface area contributed by atoms with Crippen LogP contribution in [-0.4, -0.2) is 44.9 Å². The SMILES string of the molecule is CC(C)(C)[C@]12CC[C@@H](C[C@@H](OC(N)=O)[C@H]1F)N2c1nc(Cl)nc2c(F)c(Cl)ncc12. The summed E-state index contributed by atoms with van der Waals surface area (Å²) >= 11 is 11.9. The molecule has 4 atom stereocenters. The van der Waals surface area contributed by atoms with Crippen LogP contribution in [0.1, 0.15) is 40.0 Å². The third-order valence-corrected chi connectivity index (χ3v) is 6.76. The zero-order valence-electron chi connectivity index (χ0n) is 16.6. The summed E-state index contributed by atoms with van der Waals surface area (Å²) in [5.41, 5.74) is 3.39. The van der Waals surface area contributed by atoms with Gasteiger partial charge in [-0.3, -0.25) is 0 Å². The predicted octanol–water partition coefficient (Wildman–Crippen LogP) is 4.43. The Balaban J connectivity index is 1.95. The van der Waals surface area contributed by atoms with Crippen molar-refractivity contribution in [2.45, 2.75) is 63.9 Å². The van der Waals surface area contributed by atoms with Gasteiger partial charge in [0.15, 0.2) is 17.1 Å². The number of hydrogen-bond donors (Lipinski definition) is 1. The zero-order chi connectivity index (χ0) is 22.0. The van der Waals surface area contributed by atoms with E-state index in [2.05, 4.69) is 15.0 Å². The highest BCUT2D eigenvalue weighted by Gasteiger charge is 2.65. The molecule has 2 aliphatic heterocycles. The van der Waals surface area contributed by atoms with Gasteiger partial charge in [-0.25, -0.2) is 23.5 Å². The van der Waals surface area contributed by atoms with Crippen molar-refractivity contribution in [2.75, 3.05) is 4.90 Å². The van der Waals surface area contributed by atoms with E-state index in [1.807, 2.05) is 25.7 Å². The molecule has 0 aliphatic carbocycles. The van der Waals surface area contributed by atoms with E-state index in [1.54, 1.807) is 0 Å². The van der Waals surface area contributed by atoms with E-state index in [9.17, 15) is 9.18 Å². The molecular formula is C19H21Cl2F2N5O2. The molecule has 1 amide bonds. The second kappa shape index (κ2) is 7.02. The van der Waals surface area contributed by atoms with Crippen LogP contribution in [0.15, 0.2) is 6.20 Å². The largest absolute Gasteiger partial charge is 0.443 e. The third kappa shape index (κ3) is 2.97. The van der Waals surface area contributed by atoms with E-state index in [0.717, 1.165) is 0 Å². The number of aromatic nitrogens is 3. The minimum atomic E-state index is -1.56. The maximum absolute atomic E-state index is 16.1. The van der Waals surface area contributed by atoms with Crippen molar-refractivity contribution in [3.05, 3.63) is 22.5 Å². The Bertz CT molecular complexity index is 1030. The first-order chi connectivity index (χ1) is 14.0. The van der Waals surface area contributed by atoms with Crippen molar-refractivity contribution in [3.63, 3.8) is 0 Å². The number of carbonyl (C=O) groups excluding carboxylic acids is 1. The van der Waals surface area contributed by atoms with Crippen LogP contribution in [0.2, 0.25) is 10.4 Å². The summed E-state index contributed by atoms with van der Waals surface area (Å²) in [6, 6.07) is -0.228. The van der Waals surface area contributed by atoms with Crippen LogP contribution in [0, 0.1) is 11.2 Å². The lowest BCUT2D eigenvalue weighted by Crippen LogP contribution is -2.68. The number of alkyl halides is 1. The van der Waals surface area contributed by atoms with Gasteiger partial charge >= 0.3 is 6.09 Å². The van der Waals surface area contributed by atoms with Gasteiger partial charge in [0.2, 0.25) is 5.28 Å². The second-order valence-corrected chi connectivity index (χ2v) is 9.49. The Morgan fingerprint density at radius 1 is 1.37 bits per heavy atom. The van der Waals surface area contributed by atoms with Crippen LogP contribution >= 0.6 is 23.2 Å². The standard InChI is InChI=1S/C19H21Cl2F2N5O2/c1-18(2,3)19-5-4-8(6-10(13(19)23)30-17(24)29)28(19)15-9-7-25-14(20)11(22)12(9)26-16(21)27-15/h7-8,10,13H,4-6H2,1-3H3,(H2,24,29)/t8-,10+,13+,19-/m0/s1. The molecule has 162 valence electrons. The fourth-order valence-corrected chi connectivity index (χ4v) is 5.40. The maximum atomic E-state index is 16.1. The molecule has 7 nitrogen and oxygen atoms in total. The molecule has 0 unspecified atom stereocenters. The summed E-state index contributed by atoms with van der Waals surface area (Å²) in [6.45, 7) is 5.72. The summed E-state index contributed by atoms with van der Waals surface area (Å²) in [5.74, 6) is -0.536. The van der Waals surface area contributed by atoms with Gasteiger partial charge in [-0.1, -0.05) is 32.4 Å². The summed E-state index contributed by atoms with van der Waals surface area (Å²) in [7, 11) is 0. The lowest BCUT2D eigenvalue weighted by Gasteiger charge is -2.56. The van der Waals surface area contributed by atoms with Gasteiger partial charge < -0.3 is 15.4 Å². The maximum Gasteiger partial charge on any atom is 0.404 e. The number of nitrogens with zero attached hydrogens (tertiary/aromatic N) is 4. The number of amides is 1. The van der Waals surface area contributed by atoms with E-state index in [0.29, 0.717) is 12.8 Å². The Morgan fingerprint density at radius 3 is 2.70 bits per heavy atom. The fraction of sp³-hybridized carbons (Fsp3) is 0.579. The number of piperidine rings is 1. The number of rotatable bonds is 2. The van der Waals surface area contributed by atoms with Crippen LogP contribution in [0.5, 0.6) is 0 Å². The molecule has 2 N–H and O–H groups in total. The van der Waals surface area contributed by atoms with Crippen molar-refractivity contribution in [2.24, 2.45) is 11.1 Å². The fourth-order valence-electron chi connectivity index (χ4n) is 5.10. The van der Waals surface area contributed by atoms with Crippen LogP contribution in [-0.2, 0) is 4.74 Å². The average Bonchev–Trinajstić information content (AvgIpc) is 2.96. The molecule has 2 aliphatic rings. The average molecular weight is 460 g/mol. The lowest BCUT2D eigenvalue weighted by atomic mass is 9.66. The highest BCUT2D eigenvalue weighted by molar-refractivity contribution is 6.30. The summed E-state index contributed by atoms with van der Waals surface area (Å²) in [6.07, 6.45) is -0.876. The summed E-state index contributed by atoms with van der Waals surface area (Å²) < 4.78 is 35.8. The molecule has 4 rings (SSSR count). The number of primary amides is 1. The van der Waals surface area contributed by atoms with Gasteiger partial charge in [0.05, 0.1) is 10.9 Å². The quantitative estimate of drug-likeness (QED) is 0.527. The molecule has 30 heavy (non-hydrogen) atoms. The molecule has 0 spiro atoms.